The van der Waals surface area contributed by atoms with E-state index >= 15 is 0 Å². The van der Waals surface area contributed by atoms with Crippen molar-refractivity contribution < 1.29 is 4.42 Å². The van der Waals surface area contributed by atoms with Crippen molar-refractivity contribution in [2.75, 3.05) is 0 Å². The monoisotopic (exact) mass is 254 g/mol. The summed E-state index contributed by atoms with van der Waals surface area (Å²) in [6.07, 6.45) is 11.8. The van der Waals surface area contributed by atoms with Crippen molar-refractivity contribution in [3.63, 3.8) is 0 Å². The van der Waals surface area contributed by atoms with E-state index < -0.39 is 0 Å². The van der Waals surface area contributed by atoms with Crippen LogP contribution in [0.4, 0.5) is 0 Å². The van der Waals surface area contributed by atoms with Gasteiger partial charge in [-0.2, -0.15) is 0 Å². The van der Waals surface area contributed by atoms with Crippen LogP contribution in [0.15, 0.2) is 58.4 Å². The molecule has 2 aromatic rings. The molecule has 0 saturated heterocycles. The predicted molar refractivity (Wildman–Crippen MR) is 77.6 cm³/mol. The molecule has 1 nitrogen and oxygen atoms in total. The molecule has 0 spiro atoms. The summed E-state index contributed by atoms with van der Waals surface area (Å²) in [4.78, 5) is 1.27. The summed E-state index contributed by atoms with van der Waals surface area (Å²) in [5.41, 5.74) is 2.43. The summed E-state index contributed by atoms with van der Waals surface area (Å²) < 4.78 is 5.73. The van der Waals surface area contributed by atoms with Crippen molar-refractivity contribution in [3.8, 4) is 11.3 Å². The van der Waals surface area contributed by atoms with Gasteiger partial charge in [-0.1, -0.05) is 30.4 Å². The third-order valence-corrected chi connectivity index (χ3v) is 3.88. The number of allylic oxidation sites excluding steroid dienone is 6. The van der Waals surface area contributed by atoms with Crippen LogP contribution >= 0.6 is 11.3 Å². The molecule has 90 valence electrons. The van der Waals surface area contributed by atoms with Crippen molar-refractivity contribution in [2.45, 2.75) is 13.3 Å². The summed E-state index contributed by atoms with van der Waals surface area (Å²) in [6, 6.07) is 6.17. The highest BCUT2D eigenvalue weighted by atomic mass is 32.1. The largest absolute Gasteiger partial charge is 0.461 e. The van der Waals surface area contributed by atoms with Gasteiger partial charge in [-0.3, -0.25) is 0 Å². The van der Waals surface area contributed by atoms with Crippen molar-refractivity contribution in [2.24, 2.45) is 0 Å². The van der Waals surface area contributed by atoms with Crippen LogP contribution in [-0.2, 0) is 0 Å². The Morgan fingerprint density at radius 3 is 2.94 bits per heavy atom. The zero-order valence-corrected chi connectivity index (χ0v) is 11.0. The number of hydrogen-bond acceptors (Lipinski definition) is 2. The van der Waals surface area contributed by atoms with Gasteiger partial charge in [-0.05, 0) is 42.5 Å². The first-order valence-electron chi connectivity index (χ1n) is 6.02. The van der Waals surface area contributed by atoms with Gasteiger partial charge in [0.2, 0.25) is 0 Å². The summed E-state index contributed by atoms with van der Waals surface area (Å²) in [7, 11) is 0. The van der Waals surface area contributed by atoms with Crippen LogP contribution in [0.1, 0.15) is 17.1 Å². The van der Waals surface area contributed by atoms with E-state index in [9.17, 15) is 0 Å². The lowest BCUT2D eigenvalue weighted by Crippen LogP contribution is -1.79. The quantitative estimate of drug-likeness (QED) is 0.716. The van der Waals surface area contributed by atoms with Crippen molar-refractivity contribution >= 4 is 16.9 Å². The van der Waals surface area contributed by atoms with E-state index in [-0.39, 0.29) is 0 Å². The minimum atomic E-state index is 0.950. The lowest BCUT2D eigenvalue weighted by Gasteiger charge is -2.01. The van der Waals surface area contributed by atoms with Gasteiger partial charge in [-0.15, -0.1) is 11.3 Å². The van der Waals surface area contributed by atoms with Crippen molar-refractivity contribution in [1.82, 2.24) is 0 Å². The van der Waals surface area contributed by atoms with E-state index in [1.54, 1.807) is 11.3 Å². The SMILES string of the molecule is Cc1ccc(-c2ccsc2C2=CC=CCC=C2)o1. The summed E-state index contributed by atoms with van der Waals surface area (Å²) in [6.45, 7) is 1.98. The highest BCUT2D eigenvalue weighted by Crippen LogP contribution is 2.35. The van der Waals surface area contributed by atoms with Crippen molar-refractivity contribution in [1.29, 1.82) is 0 Å². The maximum absolute atomic E-state index is 5.73. The molecule has 2 heteroatoms. The lowest BCUT2D eigenvalue weighted by atomic mass is 10.1. The molecule has 0 radical (unpaired) electrons. The second-order valence-corrected chi connectivity index (χ2v) is 5.18. The molecule has 3 rings (SSSR count). The Morgan fingerprint density at radius 2 is 2.11 bits per heavy atom. The summed E-state index contributed by atoms with van der Waals surface area (Å²) in [5.74, 6) is 1.90. The van der Waals surface area contributed by atoms with E-state index in [0.29, 0.717) is 0 Å². The Bertz CT molecular complexity index is 638. The average molecular weight is 254 g/mol. The van der Waals surface area contributed by atoms with Gasteiger partial charge in [-0.25, -0.2) is 0 Å². The van der Waals surface area contributed by atoms with Gasteiger partial charge in [0.1, 0.15) is 11.5 Å². The average Bonchev–Trinajstić information content (AvgIpc) is 2.92. The molecule has 0 fully saturated rings. The molecule has 0 bridgehead atoms. The fourth-order valence-electron chi connectivity index (χ4n) is 2.04. The number of thiophene rings is 1. The van der Waals surface area contributed by atoms with E-state index in [1.807, 2.05) is 19.1 Å². The number of hydrogen-bond donors (Lipinski definition) is 0. The fourth-order valence-corrected chi connectivity index (χ4v) is 2.94. The van der Waals surface area contributed by atoms with E-state index in [0.717, 1.165) is 17.9 Å². The van der Waals surface area contributed by atoms with E-state index in [2.05, 4.69) is 41.8 Å². The first kappa shape index (κ1) is 11.3. The number of furan rings is 1. The number of aryl methyl sites for hydroxylation is 1. The van der Waals surface area contributed by atoms with Crippen molar-refractivity contribution in [3.05, 3.63) is 64.6 Å². The maximum atomic E-state index is 5.73. The molecule has 2 aromatic heterocycles. The number of rotatable bonds is 2. The molecule has 0 saturated carbocycles. The Balaban J connectivity index is 2.06. The fraction of sp³-hybridized carbons (Fsp3) is 0.125. The smallest absolute Gasteiger partial charge is 0.135 e. The standard InChI is InChI=1S/C16H14OS/c1-12-8-9-15(17-12)14-10-11-18-16(14)13-6-4-2-3-5-7-13/h2,4-11H,3H2,1H3. The molecule has 0 atom stereocenters. The zero-order valence-electron chi connectivity index (χ0n) is 10.2. The van der Waals surface area contributed by atoms with Crippen LogP contribution in [0.5, 0.6) is 0 Å². The molecule has 0 aliphatic heterocycles. The van der Waals surface area contributed by atoms with Crippen LogP contribution in [0.25, 0.3) is 16.9 Å². The molecule has 0 amide bonds. The van der Waals surface area contributed by atoms with Gasteiger partial charge in [0.25, 0.3) is 0 Å². The third-order valence-electron chi connectivity index (χ3n) is 2.91. The van der Waals surface area contributed by atoms with Crippen LogP contribution in [0, 0.1) is 6.92 Å². The highest BCUT2D eigenvalue weighted by Gasteiger charge is 2.12. The van der Waals surface area contributed by atoms with Gasteiger partial charge in [0, 0.05) is 10.4 Å². The maximum Gasteiger partial charge on any atom is 0.135 e. The highest BCUT2D eigenvalue weighted by molar-refractivity contribution is 7.11. The molecule has 2 heterocycles. The van der Waals surface area contributed by atoms with E-state index in [4.69, 9.17) is 4.42 Å². The zero-order chi connectivity index (χ0) is 12.4. The molecular weight excluding hydrogens is 240 g/mol. The summed E-state index contributed by atoms with van der Waals surface area (Å²) >= 11 is 1.76. The van der Waals surface area contributed by atoms with Gasteiger partial charge < -0.3 is 4.42 Å². The molecule has 1 aliphatic rings. The van der Waals surface area contributed by atoms with Crippen LogP contribution < -0.4 is 0 Å². The first-order valence-corrected chi connectivity index (χ1v) is 6.90. The first-order chi connectivity index (χ1) is 8.84. The second-order valence-electron chi connectivity index (χ2n) is 4.26. The van der Waals surface area contributed by atoms with Gasteiger partial charge in [0.15, 0.2) is 0 Å². The van der Waals surface area contributed by atoms with Crippen LogP contribution in [0.2, 0.25) is 0 Å². The lowest BCUT2D eigenvalue weighted by molar-refractivity contribution is 0.548. The Kier molecular flexibility index (Phi) is 3.03. The summed E-state index contributed by atoms with van der Waals surface area (Å²) in [5, 5.41) is 2.12. The molecule has 18 heavy (non-hydrogen) atoms. The third kappa shape index (κ3) is 2.12. The van der Waals surface area contributed by atoms with Gasteiger partial charge in [0.05, 0.1) is 0 Å². The Hall–Kier alpha value is -1.80. The van der Waals surface area contributed by atoms with E-state index in [1.165, 1.54) is 16.0 Å². The predicted octanol–water partition coefficient (Wildman–Crippen LogP) is 5.22. The molecule has 0 aromatic carbocycles. The Morgan fingerprint density at radius 1 is 1.17 bits per heavy atom. The molecule has 0 unspecified atom stereocenters. The topological polar surface area (TPSA) is 13.1 Å². The molecule has 1 aliphatic carbocycles. The normalized spacial score (nSPS) is 14.6. The van der Waals surface area contributed by atoms with Gasteiger partial charge >= 0.3 is 0 Å². The minimum Gasteiger partial charge on any atom is -0.461 e. The Labute approximate surface area is 111 Å². The van der Waals surface area contributed by atoms with Crippen LogP contribution in [-0.4, -0.2) is 0 Å². The molecule has 0 N–H and O–H groups in total. The van der Waals surface area contributed by atoms with Crippen LogP contribution in [0.3, 0.4) is 0 Å². The second kappa shape index (κ2) is 4.83. The molecular formula is C16H14OS. The minimum absolute atomic E-state index is 0.950.